The van der Waals surface area contributed by atoms with Crippen LogP contribution in [0, 0.1) is 5.82 Å². The summed E-state index contributed by atoms with van der Waals surface area (Å²) in [6.07, 6.45) is 1.25. The van der Waals surface area contributed by atoms with Crippen LogP contribution in [0.25, 0.3) is 0 Å². The molecule has 0 saturated carbocycles. The van der Waals surface area contributed by atoms with Gasteiger partial charge in [-0.3, -0.25) is 0 Å². The zero-order chi connectivity index (χ0) is 12.5. The summed E-state index contributed by atoms with van der Waals surface area (Å²) in [4.78, 5) is 4.28. The Hall–Kier alpha value is -1.78. The van der Waals surface area contributed by atoms with Gasteiger partial charge in [0.25, 0.3) is 6.02 Å². The quantitative estimate of drug-likeness (QED) is 0.769. The molecule has 1 aromatic carbocycles. The number of nitrogens with two attached hydrogens (primary N) is 2. The van der Waals surface area contributed by atoms with Crippen molar-refractivity contribution in [3.05, 3.63) is 29.6 Å². The lowest BCUT2D eigenvalue weighted by atomic mass is 9.84. The third-order valence-electron chi connectivity index (χ3n) is 3.17. The van der Waals surface area contributed by atoms with E-state index in [1.807, 2.05) is 6.92 Å². The fourth-order valence-corrected chi connectivity index (χ4v) is 2.16. The molecule has 4 nitrogen and oxygen atoms in total. The van der Waals surface area contributed by atoms with Gasteiger partial charge >= 0.3 is 0 Å². The highest BCUT2D eigenvalue weighted by atomic mass is 19.1. The van der Waals surface area contributed by atoms with E-state index in [2.05, 4.69) is 4.99 Å². The Labute approximate surface area is 99.5 Å². The minimum atomic E-state index is -0.651. The summed E-state index contributed by atoms with van der Waals surface area (Å²) in [5.41, 5.74) is 11.7. The highest BCUT2D eigenvalue weighted by Gasteiger charge is 2.35. The smallest absolute Gasteiger partial charge is 0.282 e. The van der Waals surface area contributed by atoms with Gasteiger partial charge in [0.15, 0.2) is 0 Å². The van der Waals surface area contributed by atoms with Crippen LogP contribution in [-0.2, 0) is 10.3 Å². The first-order valence-corrected chi connectivity index (χ1v) is 5.61. The molecule has 0 aliphatic carbocycles. The number of rotatable bonds is 2. The molecule has 2 rings (SSSR count). The van der Waals surface area contributed by atoms with Gasteiger partial charge in [-0.05, 0) is 24.6 Å². The van der Waals surface area contributed by atoms with E-state index in [1.54, 1.807) is 6.07 Å². The number of halogens is 1. The van der Waals surface area contributed by atoms with Crippen LogP contribution in [0.2, 0.25) is 0 Å². The summed E-state index contributed by atoms with van der Waals surface area (Å²) in [5.74, 6) is -0.306. The number of aliphatic imine (C=N–C) groups is 1. The molecule has 4 N–H and O–H groups in total. The van der Waals surface area contributed by atoms with Crippen molar-refractivity contribution in [2.24, 2.45) is 10.7 Å². The highest BCUT2D eigenvalue weighted by Crippen LogP contribution is 2.37. The molecule has 92 valence electrons. The average Bonchev–Trinajstić information content (AvgIpc) is 2.32. The molecule has 0 aromatic heterocycles. The number of ether oxygens (including phenoxy) is 1. The van der Waals surface area contributed by atoms with Crippen LogP contribution in [0.4, 0.5) is 10.1 Å². The fraction of sp³-hybridized carbons (Fsp3) is 0.417. The molecule has 17 heavy (non-hydrogen) atoms. The van der Waals surface area contributed by atoms with Crippen molar-refractivity contribution >= 4 is 11.7 Å². The third-order valence-corrected chi connectivity index (χ3v) is 3.17. The van der Waals surface area contributed by atoms with Crippen molar-refractivity contribution in [3.8, 4) is 0 Å². The van der Waals surface area contributed by atoms with E-state index in [0.29, 0.717) is 30.7 Å². The van der Waals surface area contributed by atoms with E-state index in [1.165, 1.54) is 12.1 Å². The van der Waals surface area contributed by atoms with Gasteiger partial charge in [-0.1, -0.05) is 6.92 Å². The summed E-state index contributed by atoms with van der Waals surface area (Å²) >= 11 is 0. The average molecular weight is 237 g/mol. The van der Waals surface area contributed by atoms with Crippen molar-refractivity contribution in [2.75, 3.05) is 12.3 Å². The van der Waals surface area contributed by atoms with E-state index in [0.717, 1.165) is 0 Å². The van der Waals surface area contributed by atoms with Gasteiger partial charge in [0.1, 0.15) is 5.82 Å². The zero-order valence-electron chi connectivity index (χ0n) is 9.74. The summed E-state index contributed by atoms with van der Waals surface area (Å²) < 4.78 is 19.0. The van der Waals surface area contributed by atoms with Crippen LogP contribution in [0.5, 0.6) is 0 Å². The standard InChI is InChI=1S/C12H16FN3O/c1-2-12(5-6-17-11(15)16-12)9-7-8(14)3-4-10(9)13/h3-4,7H,2,5-6,14H2,1H3,(H2,15,16)/t12-/m0/s1. The number of benzene rings is 1. The van der Waals surface area contributed by atoms with Gasteiger partial charge in [0.05, 0.1) is 12.1 Å². The number of amidine groups is 1. The number of nitrogen functional groups attached to an aromatic ring is 1. The Bertz CT molecular complexity index is 461. The van der Waals surface area contributed by atoms with Crippen molar-refractivity contribution in [1.29, 1.82) is 0 Å². The van der Waals surface area contributed by atoms with E-state index < -0.39 is 5.54 Å². The molecule has 0 saturated heterocycles. The van der Waals surface area contributed by atoms with Crippen molar-refractivity contribution in [1.82, 2.24) is 0 Å². The van der Waals surface area contributed by atoms with E-state index in [-0.39, 0.29) is 11.8 Å². The van der Waals surface area contributed by atoms with Crippen LogP contribution < -0.4 is 11.5 Å². The summed E-state index contributed by atoms with van der Waals surface area (Å²) in [7, 11) is 0. The van der Waals surface area contributed by atoms with Crippen LogP contribution in [-0.4, -0.2) is 12.6 Å². The van der Waals surface area contributed by atoms with Gasteiger partial charge in [0, 0.05) is 17.7 Å². The SMILES string of the molecule is CC[C@@]1(c2cc(N)ccc2F)CCOC(N)=N1. The second-order valence-corrected chi connectivity index (χ2v) is 4.17. The van der Waals surface area contributed by atoms with Gasteiger partial charge in [-0.15, -0.1) is 0 Å². The topological polar surface area (TPSA) is 73.6 Å². The maximum atomic E-state index is 13.9. The lowest BCUT2D eigenvalue weighted by molar-refractivity contribution is 0.201. The van der Waals surface area contributed by atoms with E-state index >= 15 is 0 Å². The maximum Gasteiger partial charge on any atom is 0.282 e. The number of anilines is 1. The molecule has 0 radical (unpaired) electrons. The predicted octanol–water partition coefficient (Wildman–Crippen LogP) is 1.75. The zero-order valence-corrected chi connectivity index (χ0v) is 9.74. The Morgan fingerprint density at radius 1 is 1.47 bits per heavy atom. The third kappa shape index (κ3) is 2.05. The van der Waals surface area contributed by atoms with Crippen LogP contribution in [0.3, 0.4) is 0 Å². The first-order chi connectivity index (χ1) is 8.07. The van der Waals surface area contributed by atoms with Crippen LogP contribution >= 0.6 is 0 Å². The number of hydrogen-bond donors (Lipinski definition) is 2. The van der Waals surface area contributed by atoms with Crippen LogP contribution in [0.1, 0.15) is 25.3 Å². The van der Waals surface area contributed by atoms with Gasteiger partial charge in [-0.25, -0.2) is 9.38 Å². The predicted molar refractivity (Wildman–Crippen MR) is 65.0 cm³/mol. The monoisotopic (exact) mass is 237 g/mol. The van der Waals surface area contributed by atoms with Gasteiger partial charge < -0.3 is 16.2 Å². The molecular formula is C12H16FN3O. The summed E-state index contributed by atoms with van der Waals surface area (Å²) in [6.45, 7) is 2.39. The summed E-state index contributed by atoms with van der Waals surface area (Å²) in [6, 6.07) is 4.64. The Morgan fingerprint density at radius 2 is 2.24 bits per heavy atom. The summed E-state index contributed by atoms with van der Waals surface area (Å²) in [5, 5.41) is 0. The van der Waals surface area contributed by atoms with Crippen molar-refractivity contribution in [3.63, 3.8) is 0 Å². The second-order valence-electron chi connectivity index (χ2n) is 4.17. The molecule has 1 heterocycles. The molecule has 0 amide bonds. The molecule has 0 unspecified atom stereocenters. The van der Waals surface area contributed by atoms with Crippen molar-refractivity contribution < 1.29 is 9.13 Å². The first-order valence-electron chi connectivity index (χ1n) is 5.61. The highest BCUT2D eigenvalue weighted by molar-refractivity contribution is 5.73. The molecular weight excluding hydrogens is 221 g/mol. The Balaban J connectivity index is 2.54. The van der Waals surface area contributed by atoms with Crippen LogP contribution in [0.15, 0.2) is 23.2 Å². The fourth-order valence-electron chi connectivity index (χ4n) is 2.16. The Kier molecular flexibility index (Phi) is 2.92. The lowest BCUT2D eigenvalue weighted by Gasteiger charge is -2.33. The Morgan fingerprint density at radius 3 is 2.88 bits per heavy atom. The molecule has 0 fully saturated rings. The van der Waals surface area contributed by atoms with E-state index in [9.17, 15) is 4.39 Å². The first kappa shape index (κ1) is 11.7. The minimum Gasteiger partial charge on any atom is -0.465 e. The minimum absolute atomic E-state index is 0.111. The molecule has 0 bridgehead atoms. The largest absolute Gasteiger partial charge is 0.465 e. The van der Waals surface area contributed by atoms with Crippen molar-refractivity contribution in [2.45, 2.75) is 25.3 Å². The molecule has 1 aromatic rings. The second kappa shape index (κ2) is 4.24. The normalized spacial score (nSPS) is 24.0. The number of hydrogen-bond acceptors (Lipinski definition) is 4. The maximum absolute atomic E-state index is 13.9. The molecule has 1 atom stereocenters. The van der Waals surface area contributed by atoms with Gasteiger partial charge in [0.2, 0.25) is 0 Å². The molecule has 0 spiro atoms. The van der Waals surface area contributed by atoms with E-state index in [4.69, 9.17) is 16.2 Å². The lowest BCUT2D eigenvalue weighted by Crippen LogP contribution is -2.36. The van der Waals surface area contributed by atoms with Gasteiger partial charge in [-0.2, -0.15) is 0 Å². The molecule has 1 aliphatic heterocycles. The number of nitrogens with zero attached hydrogens (tertiary/aromatic N) is 1. The molecule has 5 heteroatoms. The molecule has 1 aliphatic rings.